The molecule has 9 heteroatoms. The summed E-state index contributed by atoms with van der Waals surface area (Å²) in [5.41, 5.74) is 2.53. The molecule has 0 saturated heterocycles. The average molecular weight is 724 g/mol. The highest BCUT2D eigenvalue weighted by Crippen LogP contribution is 2.26. The molecule has 0 unspecified atom stereocenters. The number of carbonyl (C=O) groups is 2. The minimum Gasteiger partial charge on any atom is -0.350 e. The maximum Gasteiger partial charge on any atom is 0.264 e. The average Bonchev–Trinajstić information content (AvgIpc) is 2.99. The van der Waals surface area contributed by atoms with Crippen LogP contribution in [0.5, 0.6) is 0 Å². The number of carbonyl (C=O) groups excluding carboxylic acids is 2. The van der Waals surface area contributed by atoms with E-state index in [0.29, 0.717) is 5.69 Å². The minimum absolute atomic E-state index is 0.0723. The zero-order valence-electron chi connectivity index (χ0n) is 25.4. The first-order chi connectivity index (χ1) is 20.8. The van der Waals surface area contributed by atoms with Gasteiger partial charge in [0, 0.05) is 22.1 Å². The maximum atomic E-state index is 14.5. The summed E-state index contributed by atoms with van der Waals surface area (Å²) in [6, 6.07) is 31.4. The van der Waals surface area contributed by atoms with E-state index in [-0.39, 0.29) is 23.8 Å². The van der Waals surface area contributed by atoms with Crippen LogP contribution in [0, 0.1) is 10.5 Å². The van der Waals surface area contributed by atoms with Gasteiger partial charge in [0.15, 0.2) is 0 Å². The first kappa shape index (κ1) is 33.2. The summed E-state index contributed by atoms with van der Waals surface area (Å²) in [4.78, 5) is 30.1. The van der Waals surface area contributed by atoms with Gasteiger partial charge in [0.05, 0.1) is 10.6 Å². The van der Waals surface area contributed by atoms with Crippen molar-refractivity contribution in [2.24, 2.45) is 0 Å². The number of nitrogens with one attached hydrogen (secondary N) is 1. The number of hydrogen-bond acceptors (Lipinski definition) is 4. The van der Waals surface area contributed by atoms with Crippen LogP contribution in [0.2, 0.25) is 0 Å². The molecule has 1 N–H and O–H groups in total. The van der Waals surface area contributed by atoms with Crippen LogP contribution in [0.3, 0.4) is 0 Å². The Bertz CT molecular complexity index is 1670. The lowest BCUT2D eigenvalue weighted by Crippen LogP contribution is -2.56. The zero-order valence-corrected chi connectivity index (χ0v) is 28.4. The van der Waals surface area contributed by atoms with E-state index in [1.54, 1.807) is 42.5 Å². The number of amides is 2. The number of hydrogen-bond donors (Lipinski definition) is 1. The molecule has 230 valence electrons. The third kappa shape index (κ3) is 8.69. The van der Waals surface area contributed by atoms with Gasteiger partial charge in [-0.15, -0.1) is 0 Å². The molecule has 0 aliphatic carbocycles. The summed E-state index contributed by atoms with van der Waals surface area (Å²) in [6.07, 6.45) is 0.259. The predicted octanol–water partition coefficient (Wildman–Crippen LogP) is 6.35. The fraction of sp³-hybridized carbons (Fsp3) is 0.257. The third-order valence-corrected chi connectivity index (χ3v) is 9.60. The SMILES string of the molecule is Cc1ccccc1CN(C(=O)CN(c1ccc(I)cc1)S(=O)(=O)c1ccccc1)[C@@H](Cc1ccccc1)C(=O)NC(C)(C)C. The lowest BCUT2D eigenvalue weighted by Gasteiger charge is -2.35. The topological polar surface area (TPSA) is 86.8 Å². The molecule has 0 aromatic heterocycles. The summed E-state index contributed by atoms with van der Waals surface area (Å²) in [5, 5.41) is 3.06. The highest BCUT2D eigenvalue weighted by atomic mass is 127. The Morgan fingerprint density at radius 3 is 1.98 bits per heavy atom. The first-order valence-corrected chi connectivity index (χ1v) is 16.9. The van der Waals surface area contributed by atoms with Crippen LogP contribution in [-0.2, 0) is 32.6 Å². The Labute approximate surface area is 274 Å². The smallest absolute Gasteiger partial charge is 0.264 e. The molecule has 1 atom stereocenters. The summed E-state index contributed by atoms with van der Waals surface area (Å²) < 4.78 is 30.1. The molecule has 0 spiro atoms. The molecule has 0 aliphatic rings. The molecule has 0 radical (unpaired) electrons. The summed E-state index contributed by atoms with van der Waals surface area (Å²) in [6.45, 7) is 7.27. The second-order valence-corrected chi connectivity index (χ2v) is 14.8. The zero-order chi connectivity index (χ0) is 31.9. The van der Waals surface area contributed by atoms with E-state index < -0.39 is 34.1 Å². The quantitative estimate of drug-likeness (QED) is 0.183. The maximum absolute atomic E-state index is 14.5. The van der Waals surface area contributed by atoms with Crippen molar-refractivity contribution in [2.45, 2.75) is 57.1 Å². The van der Waals surface area contributed by atoms with Crippen molar-refractivity contribution >= 4 is 50.1 Å². The first-order valence-electron chi connectivity index (χ1n) is 14.4. The number of sulfonamides is 1. The fourth-order valence-corrected chi connectivity index (χ4v) is 6.63. The normalized spacial score (nSPS) is 12.3. The van der Waals surface area contributed by atoms with Crippen LogP contribution in [-0.4, -0.2) is 43.3 Å². The van der Waals surface area contributed by atoms with E-state index in [0.717, 1.165) is 24.6 Å². The van der Waals surface area contributed by atoms with Crippen molar-refractivity contribution in [3.8, 4) is 0 Å². The minimum atomic E-state index is -4.13. The van der Waals surface area contributed by atoms with Crippen molar-refractivity contribution in [1.82, 2.24) is 10.2 Å². The van der Waals surface area contributed by atoms with Crippen molar-refractivity contribution < 1.29 is 18.0 Å². The van der Waals surface area contributed by atoms with Gasteiger partial charge in [-0.2, -0.15) is 0 Å². The summed E-state index contributed by atoms with van der Waals surface area (Å²) >= 11 is 2.15. The standard InChI is InChI=1S/C35H38IN3O4S/c1-26-13-11-12-16-28(26)24-38(32(34(41)37-35(2,3)4)23-27-14-7-5-8-15-27)33(40)25-39(30-21-19-29(36)20-22-30)44(42,43)31-17-9-6-10-18-31/h5-22,32H,23-25H2,1-4H3,(H,37,41)/t32-/m0/s1. The lowest BCUT2D eigenvalue weighted by molar-refractivity contribution is -0.140. The van der Waals surface area contributed by atoms with Gasteiger partial charge in [-0.3, -0.25) is 13.9 Å². The van der Waals surface area contributed by atoms with Gasteiger partial charge in [-0.25, -0.2) is 8.42 Å². The molecular formula is C35H38IN3O4S. The van der Waals surface area contributed by atoms with Crippen molar-refractivity contribution in [3.63, 3.8) is 0 Å². The van der Waals surface area contributed by atoms with Crippen LogP contribution in [0.25, 0.3) is 0 Å². The Hall–Kier alpha value is -3.70. The van der Waals surface area contributed by atoms with E-state index in [1.807, 2.05) is 82.3 Å². The van der Waals surface area contributed by atoms with Gasteiger partial charge in [0.2, 0.25) is 11.8 Å². The molecule has 0 fully saturated rings. The van der Waals surface area contributed by atoms with E-state index in [4.69, 9.17) is 0 Å². The van der Waals surface area contributed by atoms with Gasteiger partial charge >= 0.3 is 0 Å². The van der Waals surface area contributed by atoms with Crippen LogP contribution in [0.4, 0.5) is 5.69 Å². The summed E-state index contributed by atoms with van der Waals surface area (Å²) in [5.74, 6) is -0.800. The molecule has 44 heavy (non-hydrogen) atoms. The monoisotopic (exact) mass is 723 g/mol. The molecule has 4 aromatic rings. The van der Waals surface area contributed by atoms with Gasteiger partial charge in [-0.05, 0) is 103 Å². The van der Waals surface area contributed by atoms with Crippen molar-refractivity contribution in [2.75, 3.05) is 10.8 Å². The molecule has 7 nitrogen and oxygen atoms in total. The number of anilines is 1. The molecule has 4 rings (SSSR count). The lowest BCUT2D eigenvalue weighted by atomic mass is 10.00. The van der Waals surface area contributed by atoms with Crippen LogP contribution in [0.15, 0.2) is 114 Å². The second kappa shape index (κ2) is 14.4. The number of rotatable bonds is 11. The second-order valence-electron chi connectivity index (χ2n) is 11.7. The Morgan fingerprint density at radius 2 is 1.39 bits per heavy atom. The molecule has 0 aliphatic heterocycles. The van der Waals surface area contributed by atoms with Crippen molar-refractivity contribution in [3.05, 3.63) is 129 Å². The van der Waals surface area contributed by atoms with Crippen LogP contribution >= 0.6 is 22.6 Å². The Balaban J connectivity index is 1.82. The third-order valence-electron chi connectivity index (χ3n) is 7.10. The number of halogens is 1. The van der Waals surface area contributed by atoms with Gasteiger partial charge in [0.1, 0.15) is 12.6 Å². The molecule has 0 saturated carbocycles. The number of benzene rings is 4. The van der Waals surface area contributed by atoms with E-state index in [9.17, 15) is 18.0 Å². The van der Waals surface area contributed by atoms with E-state index in [2.05, 4.69) is 27.9 Å². The summed E-state index contributed by atoms with van der Waals surface area (Å²) in [7, 11) is -4.13. The number of nitrogens with zero attached hydrogens (tertiary/aromatic N) is 2. The molecule has 0 bridgehead atoms. The number of aryl methyl sites for hydroxylation is 1. The van der Waals surface area contributed by atoms with Gasteiger partial charge in [0.25, 0.3) is 10.0 Å². The van der Waals surface area contributed by atoms with E-state index >= 15 is 0 Å². The molecule has 4 aromatic carbocycles. The molecule has 0 heterocycles. The molecular weight excluding hydrogens is 685 g/mol. The highest BCUT2D eigenvalue weighted by molar-refractivity contribution is 14.1. The van der Waals surface area contributed by atoms with Crippen LogP contribution in [0.1, 0.15) is 37.5 Å². The van der Waals surface area contributed by atoms with Crippen molar-refractivity contribution in [1.29, 1.82) is 0 Å². The Kier molecular flexibility index (Phi) is 10.9. The van der Waals surface area contributed by atoms with Gasteiger partial charge in [-0.1, -0.05) is 72.8 Å². The van der Waals surface area contributed by atoms with Gasteiger partial charge < -0.3 is 10.2 Å². The molecule has 2 amide bonds. The Morgan fingerprint density at radius 1 is 0.818 bits per heavy atom. The largest absolute Gasteiger partial charge is 0.350 e. The van der Waals surface area contributed by atoms with Crippen LogP contribution < -0.4 is 9.62 Å². The van der Waals surface area contributed by atoms with E-state index in [1.165, 1.54) is 17.0 Å². The fourth-order valence-electron chi connectivity index (χ4n) is 4.83. The predicted molar refractivity (Wildman–Crippen MR) is 184 cm³/mol. The highest BCUT2D eigenvalue weighted by Gasteiger charge is 2.35.